The molecular formula is C26H27N5O2. The Bertz CT molecular complexity index is 1260. The highest BCUT2D eigenvalue weighted by Crippen LogP contribution is 2.34. The second-order valence-corrected chi connectivity index (χ2v) is 8.39. The van der Waals surface area contributed by atoms with Crippen LogP contribution in [0, 0.1) is 0 Å². The standard InChI is InChI=1S/C26H27N5O2/c1-2-22(32)30-15-6-7-19(17-30)26-29-23(24-25(27)28-14-16-31(24)26)18-10-12-21(13-11-18)33-20-8-4-3-5-9-20/h2,4,8-14,16,19H,1,3,5-7,15,17H2,(H2,27,28). The van der Waals surface area contributed by atoms with Crippen molar-refractivity contribution in [2.75, 3.05) is 18.8 Å². The van der Waals surface area contributed by atoms with Crippen molar-refractivity contribution in [3.63, 3.8) is 0 Å². The summed E-state index contributed by atoms with van der Waals surface area (Å²) < 4.78 is 7.99. The molecule has 168 valence electrons. The van der Waals surface area contributed by atoms with Gasteiger partial charge in [-0.05, 0) is 68.2 Å². The molecule has 7 nitrogen and oxygen atoms in total. The van der Waals surface area contributed by atoms with Gasteiger partial charge in [0.25, 0.3) is 0 Å². The summed E-state index contributed by atoms with van der Waals surface area (Å²) in [6, 6.07) is 7.88. The van der Waals surface area contributed by atoms with Gasteiger partial charge >= 0.3 is 0 Å². The normalized spacial score (nSPS) is 18.2. The Kier molecular flexibility index (Phi) is 5.69. The van der Waals surface area contributed by atoms with Crippen LogP contribution in [0.5, 0.6) is 5.75 Å². The molecule has 2 aliphatic rings. The smallest absolute Gasteiger partial charge is 0.245 e. The van der Waals surface area contributed by atoms with Crippen LogP contribution in [0.15, 0.2) is 73.3 Å². The number of carbonyl (C=O) groups excluding carboxylic acids is 1. The second-order valence-electron chi connectivity index (χ2n) is 8.39. The van der Waals surface area contributed by atoms with Crippen molar-refractivity contribution in [3.05, 3.63) is 79.1 Å². The molecule has 3 heterocycles. The summed E-state index contributed by atoms with van der Waals surface area (Å²) in [5, 5.41) is 0. The number of nitrogens with zero attached hydrogens (tertiary/aromatic N) is 4. The van der Waals surface area contributed by atoms with Crippen molar-refractivity contribution in [2.45, 2.75) is 31.6 Å². The average molecular weight is 442 g/mol. The van der Waals surface area contributed by atoms with Gasteiger partial charge in [0.2, 0.25) is 5.91 Å². The number of allylic oxidation sites excluding steroid dienone is 3. The molecule has 1 atom stereocenters. The van der Waals surface area contributed by atoms with Crippen LogP contribution in [0.3, 0.4) is 0 Å². The van der Waals surface area contributed by atoms with Gasteiger partial charge in [0.05, 0.1) is 0 Å². The van der Waals surface area contributed by atoms with Crippen molar-refractivity contribution >= 4 is 17.2 Å². The predicted octanol–water partition coefficient (Wildman–Crippen LogP) is 4.48. The topological polar surface area (TPSA) is 85.8 Å². The quantitative estimate of drug-likeness (QED) is 0.590. The molecule has 0 spiro atoms. The maximum Gasteiger partial charge on any atom is 0.245 e. The van der Waals surface area contributed by atoms with Crippen LogP contribution < -0.4 is 10.5 Å². The van der Waals surface area contributed by atoms with E-state index in [0.29, 0.717) is 12.4 Å². The highest BCUT2D eigenvalue weighted by Gasteiger charge is 2.28. The maximum atomic E-state index is 12.2. The number of ether oxygens (including phenoxy) is 1. The number of aromatic nitrogens is 3. The monoisotopic (exact) mass is 441 g/mol. The Morgan fingerprint density at radius 3 is 2.85 bits per heavy atom. The summed E-state index contributed by atoms with van der Waals surface area (Å²) in [4.78, 5) is 23.4. The van der Waals surface area contributed by atoms with Gasteiger partial charge in [0.15, 0.2) is 0 Å². The van der Waals surface area contributed by atoms with Crippen LogP contribution in [0.1, 0.15) is 37.4 Å². The van der Waals surface area contributed by atoms with Crippen molar-refractivity contribution < 1.29 is 9.53 Å². The molecule has 0 bridgehead atoms. The Labute approximate surface area is 192 Å². The van der Waals surface area contributed by atoms with Gasteiger partial charge in [0.1, 0.15) is 34.4 Å². The van der Waals surface area contributed by atoms with Crippen LogP contribution in [0.25, 0.3) is 16.8 Å². The molecule has 1 unspecified atom stereocenters. The fourth-order valence-corrected chi connectivity index (χ4v) is 4.58. The number of nitrogen functional groups attached to an aromatic ring is 1. The molecule has 3 aromatic rings. The molecule has 2 N–H and O–H groups in total. The van der Waals surface area contributed by atoms with Crippen LogP contribution >= 0.6 is 0 Å². The first kappa shape index (κ1) is 21.0. The number of fused-ring (bicyclic) bond motifs is 1. The maximum absolute atomic E-state index is 12.2. The number of carbonyl (C=O) groups is 1. The number of rotatable bonds is 5. The number of nitrogens with two attached hydrogens (primary N) is 1. The zero-order valence-corrected chi connectivity index (χ0v) is 18.5. The minimum Gasteiger partial charge on any atom is -0.458 e. The van der Waals surface area contributed by atoms with E-state index in [1.807, 2.05) is 45.8 Å². The zero-order chi connectivity index (χ0) is 22.8. The predicted molar refractivity (Wildman–Crippen MR) is 129 cm³/mol. The zero-order valence-electron chi connectivity index (χ0n) is 18.5. The number of anilines is 1. The van der Waals surface area contributed by atoms with Gasteiger partial charge in [-0.25, -0.2) is 9.97 Å². The van der Waals surface area contributed by atoms with E-state index in [9.17, 15) is 4.79 Å². The minimum atomic E-state index is -0.0412. The lowest BCUT2D eigenvalue weighted by atomic mass is 9.97. The summed E-state index contributed by atoms with van der Waals surface area (Å²) in [7, 11) is 0. The highest BCUT2D eigenvalue weighted by molar-refractivity contribution is 5.87. The number of hydrogen-bond donors (Lipinski definition) is 1. The molecule has 5 rings (SSSR count). The van der Waals surface area contributed by atoms with Gasteiger partial charge in [-0.1, -0.05) is 12.7 Å². The molecule has 1 aliphatic carbocycles. The summed E-state index contributed by atoms with van der Waals surface area (Å²) >= 11 is 0. The van der Waals surface area contributed by atoms with Crippen LogP contribution in [-0.4, -0.2) is 38.3 Å². The van der Waals surface area contributed by atoms with Gasteiger partial charge in [0, 0.05) is 37.0 Å². The molecule has 1 saturated heterocycles. The first-order valence-electron chi connectivity index (χ1n) is 11.3. The second kappa shape index (κ2) is 8.94. The third-order valence-corrected chi connectivity index (χ3v) is 6.21. The van der Waals surface area contributed by atoms with Gasteiger partial charge in [-0.3, -0.25) is 9.20 Å². The lowest BCUT2D eigenvalue weighted by Crippen LogP contribution is -2.38. The van der Waals surface area contributed by atoms with E-state index in [1.165, 1.54) is 6.08 Å². The number of imidazole rings is 1. The van der Waals surface area contributed by atoms with E-state index in [1.54, 1.807) is 6.20 Å². The van der Waals surface area contributed by atoms with Crippen molar-refractivity contribution in [1.82, 2.24) is 19.3 Å². The lowest BCUT2D eigenvalue weighted by molar-refractivity contribution is -0.127. The minimum absolute atomic E-state index is 0.0412. The first-order chi connectivity index (χ1) is 16.1. The SMILES string of the molecule is C=CC(=O)N1CCCC(c2nc(-c3ccc(OC4=CCCC=C4)cc3)c3c(N)nccn23)C1. The highest BCUT2D eigenvalue weighted by atomic mass is 16.5. The average Bonchev–Trinajstić information content (AvgIpc) is 3.26. The van der Waals surface area contributed by atoms with Crippen LogP contribution in [0.2, 0.25) is 0 Å². The molecule has 0 saturated carbocycles. The molecule has 33 heavy (non-hydrogen) atoms. The fraction of sp³-hybridized carbons (Fsp3) is 0.269. The summed E-state index contributed by atoms with van der Waals surface area (Å²) in [5.74, 6) is 3.04. The summed E-state index contributed by atoms with van der Waals surface area (Å²) in [6.45, 7) is 4.98. The molecule has 1 amide bonds. The molecule has 1 aromatic carbocycles. The first-order valence-corrected chi connectivity index (χ1v) is 11.3. The number of benzene rings is 1. The van der Waals surface area contributed by atoms with E-state index < -0.39 is 0 Å². The fourth-order valence-electron chi connectivity index (χ4n) is 4.58. The Morgan fingerprint density at radius 2 is 2.09 bits per heavy atom. The molecule has 1 aliphatic heterocycles. The van der Waals surface area contributed by atoms with Gasteiger partial charge < -0.3 is 15.4 Å². The van der Waals surface area contributed by atoms with Crippen molar-refractivity contribution in [1.29, 1.82) is 0 Å². The van der Waals surface area contributed by atoms with Crippen molar-refractivity contribution in [2.24, 2.45) is 0 Å². The van der Waals surface area contributed by atoms with Crippen molar-refractivity contribution in [3.8, 4) is 17.0 Å². The molecule has 7 heteroatoms. The largest absolute Gasteiger partial charge is 0.458 e. The third kappa shape index (κ3) is 4.14. The Balaban J connectivity index is 1.49. The van der Waals surface area contributed by atoms with E-state index in [4.69, 9.17) is 15.5 Å². The third-order valence-electron chi connectivity index (χ3n) is 6.21. The number of amides is 1. The number of piperidine rings is 1. The molecule has 2 aromatic heterocycles. The van der Waals surface area contributed by atoms with Gasteiger partial charge in [-0.2, -0.15) is 0 Å². The van der Waals surface area contributed by atoms with E-state index in [-0.39, 0.29) is 11.8 Å². The Hall–Kier alpha value is -3.87. The lowest BCUT2D eigenvalue weighted by Gasteiger charge is -2.31. The van der Waals surface area contributed by atoms with E-state index in [2.05, 4.69) is 23.7 Å². The molecule has 0 radical (unpaired) electrons. The van der Waals surface area contributed by atoms with Crippen LogP contribution in [-0.2, 0) is 4.79 Å². The Morgan fingerprint density at radius 1 is 1.24 bits per heavy atom. The van der Waals surface area contributed by atoms with E-state index >= 15 is 0 Å². The number of likely N-dealkylation sites (tertiary alicyclic amines) is 1. The molecular weight excluding hydrogens is 414 g/mol. The van der Waals surface area contributed by atoms with Crippen LogP contribution in [0.4, 0.5) is 5.82 Å². The van der Waals surface area contributed by atoms with Gasteiger partial charge in [-0.15, -0.1) is 0 Å². The summed E-state index contributed by atoms with van der Waals surface area (Å²) in [5.41, 5.74) is 8.80. The summed E-state index contributed by atoms with van der Waals surface area (Å²) in [6.07, 6.45) is 15.1. The molecule has 1 fully saturated rings. The number of hydrogen-bond acceptors (Lipinski definition) is 5. The van der Waals surface area contributed by atoms with E-state index in [0.717, 1.165) is 66.3 Å².